The molecule has 6 aliphatic carbocycles. The van der Waals surface area contributed by atoms with Crippen LogP contribution in [0.5, 0.6) is 0 Å². The van der Waals surface area contributed by atoms with Crippen LogP contribution < -0.4 is 5.32 Å². The van der Waals surface area contributed by atoms with Gasteiger partial charge in [-0.3, -0.25) is 18.8 Å². The number of hydrogen-bond acceptors (Lipinski definition) is 7. The fraction of sp³-hybridized carbons (Fsp3) is 0.844. The minimum absolute atomic E-state index is 0.0503. The minimum atomic E-state index is -2.36. The summed E-state index contributed by atoms with van der Waals surface area (Å²) in [6, 6.07) is 0. The second kappa shape index (κ2) is 14.0. The van der Waals surface area contributed by atoms with Gasteiger partial charge < -0.3 is 15.2 Å². The number of carbonyl (C=O) groups excluding carboxylic acids is 1. The second-order valence-corrected chi connectivity index (χ2v) is 22.9. The predicted molar refractivity (Wildman–Crippen MR) is 218 cm³/mol. The monoisotopic (exact) mass is 755 g/mol. The first kappa shape index (κ1) is 40.1. The molecule has 0 aromatic rings. The third kappa shape index (κ3) is 6.29. The smallest absolute Gasteiger partial charge is 0.314 e. The van der Waals surface area contributed by atoms with Gasteiger partial charge in [0, 0.05) is 31.7 Å². The number of nitrogens with zero attached hydrogens (tertiary/aromatic N) is 1. The molecule has 0 bridgehead atoms. The van der Waals surface area contributed by atoms with E-state index >= 15 is 0 Å². The van der Waals surface area contributed by atoms with Gasteiger partial charge >= 0.3 is 5.97 Å². The van der Waals surface area contributed by atoms with Gasteiger partial charge in [0.25, 0.3) is 0 Å². The van der Waals surface area contributed by atoms with E-state index in [4.69, 9.17) is 4.74 Å². The van der Waals surface area contributed by atoms with E-state index in [1.807, 2.05) is 6.92 Å². The van der Waals surface area contributed by atoms with Gasteiger partial charge in [-0.25, -0.2) is 0 Å². The fourth-order valence-electron chi connectivity index (χ4n) is 14.9. The molecular formula is C45H74N2O5S. The van der Waals surface area contributed by atoms with Crippen molar-refractivity contribution in [1.82, 2.24) is 10.2 Å². The van der Waals surface area contributed by atoms with Crippen molar-refractivity contribution in [2.45, 2.75) is 131 Å². The van der Waals surface area contributed by atoms with Crippen LogP contribution in [0.1, 0.15) is 126 Å². The van der Waals surface area contributed by atoms with Crippen LogP contribution in [0.25, 0.3) is 0 Å². The summed E-state index contributed by atoms with van der Waals surface area (Å²) in [7, 11) is -2.36. The van der Waals surface area contributed by atoms with Crippen molar-refractivity contribution in [3.05, 3.63) is 35.5 Å². The van der Waals surface area contributed by atoms with Crippen LogP contribution in [0.3, 0.4) is 0 Å². The summed E-state index contributed by atoms with van der Waals surface area (Å²) in [4.78, 5) is 15.3. The van der Waals surface area contributed by atoms with E-state index in [-0.39, 0.29) is 28.9 Å². The number of aliphatic hydroxyl groups is 1. The lowest BCUT2D eigenvalue weighted by molar-refractivity contribution is -0.221. The maximum absolute atomic E-state index is 12.9. The Balaban J connectivity index is 1.12. The Labute approximate surface area is 323 Å². The van der Waals surface area contributed by atoms with E-state index in [1.54, 1.807) is 0 Å². The lowest BCUT2D eigenvalue weighted by Crippen LogP contribution is -2.68. The van der Waals surface area contributed by atoms with Crippen molar-refractivity contribution < 1.29 is 23.7 Å². The van der Waals surface area contributed by atoms with Gasteiger partial charge in [0.15, 0.2) is 0 Å². The van der Waals surface area contributed by atoms with Crippen molar-refractivity contribution >= 4 is 16.6 Å². The van der Waals surface area contributed by atoms with Crippen molar-refractivity contribution in [1.29, 1.82) is 0 Å². The number of carbonyl (C=O) groups is 1. The highest BCUT2D eigenvalue weighted by molar-refractivity contribution is 8.24. The third-order valence-electron chi connectivity index (χ3n) is 18.0. The SMILES string of the molecule is C=C(C)[C@@H]1CC[C@]2(NCCN3CCS(O)(O)CC3)CC[C@]3(C)[C@H](CC[C@@H]4[C@@]5(C)CC=C(C6=CCC(CO)(C(=O)OCC)CC6)C(C)(C)[C@@H]5CC[C@]43C)[C@@H]12. The third-order valence-corrected chi connectivity index (χ3v) is 19.7. The Bertz CT molecular complexity index is 1500. The number of aliphatic hydroxyl groups excluding tert-OH is 1. The van der Waals surface area contributed by atoms with E-state index in [1.165, 1.54) is 68.1 Å². The van der Waals surface area contributed by atoms with Gasteiger partial charge in [0.05, 0.1) is 30.1 Å². The number of esters is 1. The summed E-state index contributed by atoms with van der Waals surface area (Å²) in [6.07, 6.45) is 18.3. The molecule has 4 saturated carbocycles. The maximum Gasteiger partial charge on any atom is 0.314 e. The van der Waals surface area contributed by atoms with Gasteiger partial charge in [-0.15, -0.1) is 0 Å². The van der Waals surface area contributed by atoms with E-state index in [2.05, 4.69) is 70.5 Å². The quantitative estimate of drug-likeness (QED) is 0.138. The summed E-state index contributed by atoms with van der Waals surface area (Å²) < 4.78 is 25.7. The molecule has 5 fully saturated rings. The lowest BCUT2D eigenvalue weighted by Gasteiger charge is -2.72. The molecule has 0 spiro atoms. The summed E-state index contributed by atoms with van der Waals surface area (Å²) in [5.41, 5.74) is 4.54. The predicted octanol–water partition coefficient (Wildman–Crippen LogP) is 9.24. The average Bonchev–Trinajstić information content (AvgIpc) is 3.49. The van der Waals surface area contributed by atoms with Crippen molar-refractivity contribution in [3.8, 4) is 0 Å². The van der Waals surface area contributed by atoms with Crippen molar-refractivity contribution in [2.75, 3.05) is 50.9 Å². The fourth-order valence-corrected chi connectivity index (χ4v) is 16.2. The topological polar surface area (TPSA) is 102 Å². The van der Waals surface area contributed by atoms with E-state index in [0.29, 0.717) is 71.4 Å². The van der Waals surface area contributed by atoms with Gasteiger partial charge in [0.2, 0.25) is 0 Å². The molecule has 53 heavy (non-hydrogen) atoms. The van der Waals surface area contributed by atoms with Crippen LogP contribution in [-0.2, 0) is 9.53 Å². The highest BCUT2D eigenvalue weighted by atomic mass is 32.3. The molecule has 7 nitrogen and oxygen atoms in total. The van der Waals surface area contributed by atoms with Crippen LogP contribution in [-0.4, -0.2) is 81.5 Å². The molecule has 0 radical (unpaired) electrons. The molecule has 0 amide bonds. The molecule has 10 atom stereocenters. The van der Waals surface area contributed by atoms with Gasteiger partial charge in [-0.1, -0.05) is 58.9 Å². The number of fused-ring (bicyclic) bond motifs is 7. The van der Waals surface area contributed by atoms with Crippen molar-refractivity contribution in [3.63, 3.8) is 0 Å². The molecule has 7 aliphatic rings. The number of allylic oxidation sites excluding steroid dienone is 5. The Morgan fingerprint density at radius 3 is 2.32 bits per heavy atom. The van der Waals surface area contributed by atoms with Gasteiger partial charge in [-0.2, -0.15) is 10.6 Å². The number of rotatable bonds is 9. The van der Waals surface area contributed by atoms with Gasteiger partial charge in [-0.05, 0) is 153 Å². The molecule has 1 heterocycles. The first-order valence-corrected chi connectivity index (χ1v) is 23.3. The number of ether oxygens (including phenoxy) is 1. The summed E-state index contributed by atoms with van der Waals surface area (Å²) in [6.45, 7) is 25.7. The zero-order valence-corrected chi connectivity index (χ0v) is 35.2. The molecule has 1 unspecified atom stereocenters. The largest absolute Gasteiger partial charge is 0.465 e. The summed E-state index contributed by atoms with van der Waals surface area (Å²) in [5, 5.41) is 14.6. The minimum Gasteiger partial charge on any atom is -0.465 e. The molecule has 300 valence electrons. The molecule has 8 heteroatoms. The standard InChI is InChI=1S/C45H74N2O5S/c1-9-52-39(49)44(30-48)19-12-32(13-20-44)34-15-17-41(6)36(40(34,4)5)16-18-43(8)37(41)11-10-35-38-33(31(2)3)14-21-45(38,23-22-42(35,43)7)46-24-25-47-26-28-53(50,51)29-27-47/h12,15,33,35-38,46,48,50-51H,2,9-11,13-14,16-30H2,1,3-8H3/t33-,35+,36-,37+,38+,41-,42+,43+,44?,45-/m0/s1. The number of nitrogens with one attached hydrogen (secondary N) is 1. The maximum atomic E-state index is 12.9. The zero-order chi connectivity index (χ0) is 38.2. The summed E-state index contributed by atoms with van der Waals surface area (Å²) in [5.74, 6) is 4.00. The molecular weight excluding hydrogens is 681 g/mol. The van der Waals surface area contributed by atoms with E-state index in [9.17, 15) is 19.0 Å². The van der Waals surface area contributed by atoms with Crippen LogP contribution >= 0.6 is 10.6 Å². The van der Waals surface area contributed by atoms with E-state index in [0.717, 1.165) is 39.0 Å². The first-order valence-electron chi connectivity index (χ1n) is 21.5. The van der Waals surface area contributed by atoms with Crippen LogP contribution in [0, 0.1) is 56.7 Å². The van der Waals surface area contributed by atoms with Gasteiger partial charge in [0.1, 0.15) is 0 Å². The van der Waals surface area contributed by atoms with Crippen LogP contribution in [0.2, 0.25) is 0 Å². The molecule has 1 aliphatic heterocycles. The molecule has 7 rings (SSSR count). The Morgan fingerprint density at radius 2 is 1.68 bits per heavy atom. The Kier molecular flexibility index (Phi) is 10.6. The van der Waals surface area contributed by atoms with E-state index < -0.39 is 16.0 Å². The Hall–Kier alpha value is -1.16. The highest BCUT2D eigenvalue weighted by Gasteiger charge is 2.70. The zero-order valence-electron chi connectivity index (χ0n) is 34.4. The normalized spacial score (nSPS) is 45.4. The second-order valence-electron chi connectivity index (χ2n) is 20.5. The molecule has 0 aromatic carbocycles. The average molecular weight is 755 g/mol. The molecule has 4 N–H and O–H groups in total. The molecule has 1 saturated heterocycles. The first-order chi connectivity index (χ1) is 24.9. The van der Waals surface area contributed by atoms with Crippen molar-refractivity contribution in [2.24, 2.45) is 56.7 Å². The van der Waals surface area contributed by atoms with Crippen LogP contribution in [0.15, 0.2) is 35.5 Å². The lowest BCUT2D eigenvalue weighted by atomic mass is 9.33. The number of hydrogen-bond donors (Lipinski definition) is 4. The van der Waals surface area contributed by atoms with Crippen LogP contribution in [0.4, 0.5) is 0 Å². The highest BCUT2D eigenvalue weighted by Crippen LogP contribution is 2.76. The summed E-state index contributed by atoms with van der Waals surface area (Å²) >= 11 is 0. The Morgan fingerprint density at radius 1 is 0.943 bits per heavy atom. The molecule has 0 aromatic heterocycles.